The van der Waals surface area contributed by atoms with Crippen LogP contribution in [0.3, 0.4) is 0 Å². The Hall–Kier alpha value is -1.20. The van der Waals surface area contributed by atoms with E-state index < -0.39 is 12.0 Å². The molecule has 2 rings (SSSR count). The maximum Gasteiger partial charge on any atom is 0.323 e. The highest BCUT2D eigenvalue weighted by molar-refractivity contribution is 6.41. The number of furan rings is 1. The van der Waals surface area contributed by atoms with Crippen LogP contribution in [0.2, 0.25) is 15.1 Å². The van der Waals surface area contributed by atoms with Gasteiger partial charge in [-0.2, -0.15) is 0 Å². The summed E-state index contributed by atoms with van der Waals surface area (Å²) in [6.07, 6.45) is 0.224. The maximum absolute atomic E-state index is 11.5. The predicted molar refractivity (Wildman–Crippen MR) is 87.5 cm³/mol. The molecule has 22 heavy (non-hydrogen) atoms. The normalized spacial score (nSPS) is 12.2. The molecule has 0 aliphatic heterocycles. The second-order valence-electron chi connectivity index (χ2n) is 4.57. The van der Waals surface area contributed by atoms with E-state index in [4.69, 9.17) is 49.7 Å². The molecule has 0 saturated carbocycles. The highest BCUT2D eigenvalue weighted by atomic mass is 35.5. The number of carbonyl (C=O) groups is 1. The highest BCUT2D eigenvalue weighted by Crippen LogP contribution is 2.38. The molecule has 0 amide bonds. The number of carbonyl (C=O) groups excluding carboxylic acids is 1. The summed E-state index contributed by atoms with van der Waals surface area (Å²) in [7, 11) is 0. The van der Waals surface area contributed by atoms with Gasteiger partial charge in [-0.25, -0.2) is 0 Å². The van der Waals surface area contributed by atoms with E-state index in [1.807, 2.05) is 0 Å². The monoisotopic (exact) mass is 361 g/mol. The molecule has 0 aliphatic carbocycles. The van der Waals surface area contributed by atoms with Gasteiger partial charge in [0.25, 0.3) is 0 Å². The van der Waals surface area contributed by atoms with Crippen molar-refractivity contribution in [3.05, 3.63) is 45.1 Å². The van der Waals surface area contributed by atoms with Crippen LogP contribution in [0.5, 0.6) is 0 Å². The van der Waals surface area contributed by atoms with Crippen LogP contribution in [-0.2, 0) is 16.0 Å². The molecule has 0 aliphatic rings. The first-order chi connectivity index (χ1) is 10.4. The Kier molecular flexibility index (Phi) is 5.75. The lowest BCUT2D eigenvalue weighted by Crippen LogP contribution is -2.34. The Morgan fingerprint density at radius 3 is 2.50 bits per heavy atom. The van der Waals surface area contributed by atoms with E-state index in [-0.39, 0.29) is 13.0 Å². The van der Waals surface area contributed by atoms with Crippen molar-refractivity contribution < 1.29 is 13.9 Å². The second-order valence-corrected chi connectivity index (χ2v) is 5.82. The summed E-state index contributed by atoms with van der Waals surface area (Å²) in [6, 6.07) is 5.81. The standard InChI is InChI=1S/C15H14Cl3NO3/c1-2-21-15(20)12(19)7-9-3-4-13(22-9)14-10(17)5-8(16)6-11(14)18/h3-6,12H,2,7,19H2,1H3. The summed E-state index contributed by atoms with van der Waals surface area (Å²) in [5, 5.41) is 1.20. The summed E-state index contributed by atoms with van der Waals surface area (Å²) >= 11 is 18.2. The Bertz CT molecular complexity index is 661. The van der Waals surface area contributed by atoms with E-state index >= 15 is 0 Å². The summed E-state index contributed by atoms with van der Waals surface area (Å²) < 4.78 is 10.5. The Morgan fingerprint density at radius 2 is 1.91 bits per heavy atom. The minimum absolute atomic E-state index is 0.224. The zero-order valence-corrected chi connectivity index (χ0v) is 14.0. The summed E-state index contributed by atoms with van der Waals surface area (Å²) in [5.74, 6) is 0.554. The van der Waals surface area contributed by atoms with Gasteiger partial charge in [0.15, 0.2) is 0 Å². The van der Waals surface area contributed by atoms with Crippen molar-refractivity contribution in [3.8, 4) is 11.3 Å². The van der Waals surface area contributed by atoms with Gasteiger partial charge in [-0.1, -0.05) is 34.8 Å². The molecule has 7 heteroatoms. The molecule has 1 atom stereocenters. The van der Waals surface area contributed by atoms with Gasteiger partial charge >= 0.3 is 5.97 Å². The third-order valence-corrected chi connectivity index (χ3v) is 3.74. The number of hydrogen-bond acceptors (Lipinski definition) is 4. The van der Waals surface area contributed by atoms with Crippen molar-refractivity contribution in [3.63, 3.8) is 0 Å². The molecule has 0 saturated heterocycles. The van der Waals surface area contributed by atoms with E-state index in [9.17, 15) is 4.79 Å². The number of hydrogen-bond donors (Lipinski definition) is 1. The minimum Gasteiger partial charge on any atom is -0.465 e. The van der Waals surface area contributed by atoms with E-state index in [2.05, 4.69) is 0 Å². The molecule has 2 N–H and O–H groups in total. The first-order valence-electron chi connectivity index (χ1n) is 6.58. The molecule has 118 valence electrons. The molecular weight excluding hydrogens is 349 g/mol. The summed E-state index contributed by atoms with van der Waals surface area (Å²) in [5.41, 5.74) is 6.30. The third-order valence-electron chi connectivity index (χ3n) is 2.93. The first kappa shape index (κ1) is 17.2. The first-order valence-corrected chi connectivity index (χ1v) is 7.71. The maximum atomic E-state index is 11.5. The van der Waals surface area contributed by atoms with Crippen molar-refractivity contribution in [1.29, 1.82) is 0 Å². The Balaban J connectivity index is 2.20. The molecule has 1 heterocycles. The fourth-order valence-corrected chi connectivity index (χ4v) is 2.95. The summed E-state index contributed by atoms with van der Waals surface area (Å²) in [4.78, 5) is 11.5. The van der Waals surface area contributed by atoms with E-state index in [1.54, 1.807) is 31.2 Å². The molecule has 0 bridgehead atoms. The van der Waals surface area contributed by atoms with Crippen LogP contribution in [0.25, 0.3) is 11.3 Å². The number of ether oxygens (including phenoxy) is 1. The quantitative estimate of drug-likeness (QED) is 0.804. The highest BCUT2D eigenvalue weighted by Gasteiger charge is 2.19. The molecule has 4 nitrogen and oxygen atoms in total. The van der Waals surface area contributed by atoms with Crippen molar-refractivity contribution >= 4 is 40.8 Å². The van der Waals surface area contributed by atoms with Crippen LogP contribution >= 0.6 is 34.8 Å². The van der Waals surface area contributed by atoms with Crippen LogP contribution in [0.15, 0.2) is 28.7 Å². The van der Waals surface area contributed by atoms with Gasteiger partial charge in [0.05, 0.1) is 22.2 Å². The van der Waals surface area contributed by atoms with Gasteiger partial charge in [0, 0.05) is 11.4 Å². The van der Waals surface area contributed by atoms with Gasteiger partial charge in [0.2, 0.25) is 0 Å². The van der Waals surface area contributed by atoms with Crippen molar-refractivity contribution in [1.82, 2.24) is 0 Å². The number of benzene rings is 1. The smallest absolute Gasteiger partial charge is 0.323 e. The van der Waals surface area contributed by atoms with Crippen LogP contribution in [0, 0.1) is 0 Å². The van der Waals surface area contributed by atoms with E-state index in [0.29, 0.717) is 32.2 Å². The lowest BCUT2D eigenvalue weighted by molar-refractivity contribution is -0.144. The fourth-order valence-electron chi connectivity index (χ4n) is 1.95. The number of esters is 1. The molecule has 1 aromatic heterocycles. The zero-order chi connectivity index (χ0) is 16.3. The SMILES string of the molecule is CCOC(=O)C(N)Cc1ccc(-c2c(Cl)cc(Cl)cc2Cl)o1. The van der Waals surface area contributed by atoms with Crippen LogP contribution in [0.1, 0.15) is 12.7 Å². The predicted octanol–water partition coefficient (Wildman–Crippen LogP) is 4.34. The average Bonchev–Trinajstić information content (AvgIpc) is 2.86. The zero-order valence-electron chi connectivity index (χ0n) is 11.7. The van der Waals surface area contributed by atoms with Gasteiger partial charge in [0.1, 0.15) is 17.6 Å². The molecule has 0 fully saturated rings. The van der Waals surface area contributed by atoms with Gasteiger partial charge in [-0.05, 0) is 31.2 Å². The topological polar surface area (TPSA) is 65.5 Å². The summed E-state index contributed by atoms with van der Waals surface area (Å²) in [6.45, 7) is 2.01. The van der Waals surface area contributed by atoms with Gasteiger partial charge in [-0.15, -0.1) is 0 Å². The lowest BCUT2D eigenvalue weighted by atomic mass is 10.1. The Morgan fingerprint density at radius 1 is 1.27 bits per heavy atom. The molecule has 0 spiro atoms. The van der Waals surface area contributed by atoms with Crippen molar-refractivity contribution in [2.45, 2.75) is 19.4 Å². The number of nitrogens with two attached hydrogens (primary N) is 1. The molecule has 1 aromatic carbocycles. The molecule has 0 radical (unpaired) electrons. The van der Waals surface area contributed by atoms with Crippen LogP contribution < -0.4 is 5.73 Å². The molecule has 2 aromatic rings. The van der Waals surface area contributed by atoms with Gasteiger partial charge < -0.3 is 14.9 Å². The van der Waals surface area contributed by atoms with Crippen molar-refractivity contribution in [2.75, 3.05) is 6.61 Å². The fraction of sp³-hybridized carbons (Fsp3) is 0.267. The second kappa shape index (κ2) is 7.38. The van der Waals surface area contributed by atoms with Crippen LogP contribution in [0.4, 0.5) is 0 Å². The van der Waals surface area contributed by atoms with Crippen LogP contribution in [-0.4, -0.2) is 18.6 Å². The van der Waals surface area contributed by atoms with E-state index in [1.165, 1.54) is 0 Å². The lowest BCUT2D eigenvalue weighted by Gasteiger charge is -2.08. The largest absolute Gasteiger partial charge is 0.465 e. The van der Waals surface area contributed by atoms with E-state index in [0.717, 1.165) is 0 Å². The van der Waals surface area contributed by atoms with Crippen molar-refractivity contribution in [2.24, 2.45) is 5.73 Å². The molecular formula is C15H14Cl3NO3. The number of rotatable bonds is 5. The Labute approximate surface area is 143 Å². The van der Waals surface area contributed by atoms with Gasteiger partial charge in [-0.3, -0.25) is 4.79 Å². The minimum atomic E-state index is -0.782. The number of halogens is 3. The third kappa shape index (κ3) is 3.96. The average molecular weight is 363 g/mol. The molecule has 1 unspecified atom stereocenters.